The van der Waals surface area contributed by atoms with Gasteiger partial charge in [-0.25, -0.2) is 10.9 Å². The first-order valence-corrected chi connectivity index (χ1v) is 8.69. The van der Waals surface area contributed by atoms with Crippen LogP contribution in [0.5, 0.6) is 0 Å². The first kappa shape index (κ1) is 16.7. The number of hydrogen-bond acceptors (Lipinski definition) is 2. The van der Waals surface area contributed by atoms with Crippen molar-refractivity contribution in [1.29, 1.82) is 0 Å². The van der Waals surface area contributed by atoms with Crippen molar-refractivity contribution in [2.75, 3.05) is 0 Å². The molecular formula is C20H25N2O2+. The van der Waals surface area contributed by atoms with Crippen LogP contribution < -0.4 is 10.9 Å². The van der Waals surface area contributed by atoms with Gasteiger partial charge in [-0.3, -0.25) is 4.79 Å². The lowest BCUT2D eigenvalue weighted by molar-refractivity contribution is -0.733. The smallest absolute Gasteiger partial charge is 0.306 e. The number of benzene rings is 2. The van der Waals surface area contributed by atoms with Gasteiger partial charge in [0.1, 0.15) is 6.04 Å². The van der Waals surface area contributed by atoms with Crippen molar-refractivity contribution in [3.05, 3.63) is 71.8 Å². The molecule has 4 heteroatoms. The summed E-state index contributed by atoms with van der Waals surface area (Å²) in [6, 6.07) is 18.6. The molecule has 1 aliphatic rings. The van der Waals surface area contributed by atoms with Crippen LogP contribution in [0.25, 0.3) is 0 Å². The fourth-order valence-corrected chi connectivity index (χ4v) is 3.39. The van der Waals surface area contributed by atoms with Gasteiger partial charge in [-0.1, -0.05) is 67.1 Å². The van der Waals surface area contributed by atoms with Crippen LogP contribution in [0.3, 0.4) is 0 Å². The van der Waals surface area contributed by atoms with E-state index in [1.54, 1.807) is 24.3 Å². The summed E-state index contributed by atoms with van der Waals surface area (Å²) in [5.41, 5.74) is 4.21. The standard InChI is InChI=1S/C20H24N2O2/c23-19(22-21-18-14-8-3-9-15-18)20(24,16-10-4-1-5-11-16)17-12-6-2-7-13-17/h1-2,4-7,10-13,18,21,24H,3,8-9,14-15H2,(H,22,23)/p+1. The fourth-order valence-electron chi connectivity index (χ4n) is 3.39. The Balaban J connectivity index is 1.83. The lowest BCUT2D eigenvalue weighted by atomic mass is 9.85. The van der Waals surface area contributed by atoms with Gasteiger partial charge in [0, 0.05) is 12.8 Å². The highest BCUT2D eigenvalue weighted by Gasteiger charge is 2.41. The molecule has 0 bridgehead atoms. The molecule has 0 aliphatic heterocycles. The Morgan fingerprint density at radius 2 is 1.42 bits per heavy atom. The molecule has 126 valence electrons. The average Bonchev–Trinajstić information content (AvgIpc) is 2.67. The molecule has 1 saturated carbocycles. The molecule has 1 fully saturated rings. The summed E-state index contributed by atoms with van der Waals surface area (Å²) in [6.45, 7) is 0. The van der Waals surface area contributed by atoms with E-state index in [4.69, 9.17) is 0 Å². The zero-order chi connectivity index (χ0) is 16.8. The first-order chi connectivity index (χ1) is 11.7. The van der Waals surface area contributed by atoms with Crippen molar-refractivity contribution in [1.82, 2.24) is 5.43 Å². The van der Waals surface area contributed by atoms with Crippen molar-refractivity contribution < 1.29 is 15.3 Å². The van der Waals surface area contributed by atoms with Crippen molar-refractivity contribution in [3.63, 3.8) is 0 Å². The molecule has 2 aromatic carbocycles. The predicted molar refractivity (Wildman–Crippen MR) is 92.8 cm³/mol. The van der Waals surface area contributed by atoms with Crippen molar-refractivity contribution >= 4 is 5.91 Å². The molecule has 0 saturated heterocycles. The summed E-state index contributed by atoms with van der Waals surface area (Å²) < 4.78 is 0. The van der Waals surface area contributed by atoms with Gasteiger partial charge in [0.2, 0.25) is 0 Å². The van der Waals surface area contributed by atoms with E-state index in [-0.39, 0.29) is 0 Å². The molecule has 0 aromatic heterocycles. The topological polar surface area (TPSA) is 65.9 Å². The third kappa shape index (κ3) is 3.50. The van der Waals surface area contributed by atoms with E-state index in [0.29, 0.717) is 17.2 Å². The quantitative estimate of drug-likeness (QED) is 0.446. The zero-order valence-electron chi connectivity index (χ0n) is 13.8. The van der Waals surface area contributed by atoms with Gasteiger partial charge in [0.15, 0.2) is 5.60 Å². The van der Waals surface area contributed by atoms with Crippen LogP contribution >= 0.6 is 0 Å². The van der Waals surface area contributed by atoms with Gasteiger partial charge in [-0.15, -0.1) is 0 Å². The van der Waals surface area contributed by atoms with Crippen molar-refractivity contribution in [2.24, 2.45) is 0 Å². The van der Waals surface area contributed by atoms with Gasteiger partial charge in [-0.2, -0.15) is 0 Å². The highest BCUT2D eigenvalue weighted by atomic mass is 16.3. The van der Waals surface area contributed by atoms with Crippen LogP contribution in [-0.4, -0.2) is 17.1 Å². The Labute approximate surface area is 142 Å². The molecule has 0 heterocycles. The molecular weight excluding hydrogens is 300 g/mol. The Morgan fingerprint density at radius 3 is 1.92 bits per heavy atom. The fraction of sp³-hybridized carbons (Fsp3) is 0.350. The second-order valence-electron chi connectivity index (χ2n) is 6.48. The number of nitrogens with two attached hydrogens (primary N) is 1. The van der Waals surface area contributed by atoms with Gasteiger partial charge in [0.25, 0.3) is 0 Å². The molecule has 0 spiro atoms. The number of carbonyl (C=O) groups is 1. The predicted octanol–water partition coefficient (Wildman–Crippen LogP) is 1.85. The Kier molecular flexibility index (Phi) is 5.28. The minimum absolute atomic E-state index is 0.398. The number of rotatable bonds is 5. The molecule has 0 atom stereocenters. The van der Waals surface area contributed by atoms with Crippen molar-refractivity contribution in [2.45, 2.75) is 43.7 Å². The summed E-state index contributed by atoms with van der Waals surface area (Å²) in [5, 5.41) is 11.3. The molecule has 0 radical (unpaired) electrons. The number of aliphatic hydroxyl groups is 1. The molecule has 0 unspecified atom stereocenters. The molecule has 4 N–H and O–H groups in total. The third-order valence-corrected chi connectivity index (χ3v) is 4.81. The number of amides is 1. The lowest BCUT2D eigenvalue weighted by Gasteiger charge is -2.28. The lowest BCUT2D eigenvalue weighted by Crippen LogP contribution is -3.00. The number of quaternary nitrogens is 1. The van der Waals surface area contributed by atoms with Crippen LogP contribution in [0.15, 0.2) is 60.7 Å². The molecule has 1 aliphatic carbocycles. The van der Waals surface area contributed by atoms with Gasteiger partial charge in [0.05, 0.1) is 0 Å². The number of nitrogens with one attached hydrogen (secondary N) is 1. The molecule has 3 rings (SSSR count). The van der Waals surface area contributed by atoms with E-state index in [1.807, 2.05) is 41.8 Å². The van der Waals surface area contributed by atoms with Crippen LogP contribution in [0.4, 0.5) is 0 Å². The van der Waals surface area contributed by atoms with Crippen molar-refractivity contribution in [3.8, 4) is 0 Å². The van der Waals surface area contributed by atoms with Gasteiger partial charge in [-0.05, 0) is 24.0 Å². The Morgan fingerprint density at radius 1 is 0.917 bits per heavy atom. The largest absolute Gasteiger partial charge is 0.372 e. The maximum Gasteiger partial charge on any atom is 0.306 e. The minimum atomic E-state index is -1.69. The highest BCUT2D eigenvalue weighted by Crippen LogP contribution is 2.29. The van der Waals surface area contributed by atoms with Gasteiger partial charge < -0.3 is 5.11 Å². The Hall–Kier alpha value is -2.17. The van der Waals surface area contributed by atoms with E-state index in [1.165, 1.54) is 19.3 Å². The Bertz CT molecular complexity index is 612. The van der Waals surface area contributed by atoms with E-state index in [2.05, 4.69) is 5.43 Å². The zero-order valence-corrected chi connectivity index (χ0v) is 13.8. The second kappa shape index (κ2) is 7.60. The third-order valence-electron chi connectivity index (χ3n) is 4.81. The molecule has 24 heavy (non-hydrogen) atoms. The first-order valence-electron chi connectivity index (χ1n) is 8.69. The van der Waals surface area contributed by atoms with E-state index in [0.717, 1.165) is 12.8 Å². The maximum absolute atomic E-state index is 12.9. The monoisotopic (exact) mass is 325 g/mol. The minimum Gasteiger partial charge on any atom is -0.372 e. The van der Waals surface area contributed by atoms with Crippen LogP contribution in [-0.2, 0) is 10.4 Å². The highest BCUT2D eigenvalue weighted by molar-refractivity contribution is 5.89. The molecule has 2 aromatic rings. The number of hydrogen-bond donors (Lipinski definition) is 3. The normalized spacial score (nSPS) is 15.9. The SMILES string of the molecule is O=C(N[NH2+]C1CCCCC1)C(O)(c1ccccc1)c1ccccc1. The average molecular weight is 325 g/mol. The van der Waals surface area contributed by atoms with E-state index >= 15 is 0 Å². The summed E-state index contributed by atoms with van der Waals surface area (Å²) >= 11 is 0. The van der Waals surface area contributed by atoms with Gasteiger partial charge >= 0.3 is 5.91 Å². The summed E-state index contributed by atoms with van der Waals surface area (Å²) in [7, 11) is 0. The van der Waals surface area contributed by atoms with E-state index < -0.39 is 11.5 Å². The van der Waals surface area contributed by atoms with Crippen LogP contribution in [0.2, 0.25) is 0 Å². The van der Waals surface area contributed by atoms with Crippen LogP contribution in [0.1, 0.15) is 43.2 Å². The molecule has 4 nitrogen and oxygen atoms in total. The second-order valence-corrected chi connectivity index (χ2v) is 6.48. The maximum atomic E-state index is 12.9. The summed E-state index contributed by atoms with van der Waals surface area (Å²) in [5.74, 6) is -0.398. The summed E-state index contributed by atoms with van der Waals surface area (Å²) in [6.07, 6.45) is 5.90. The molecule has 1 amide bonds. The van der Waals surface area contributed by atoms with E-state index in [9.17, 15) is 9.90 Å². The van der Waals surface area contributed by atoms with Crippen LogP contribution in [0, 0.1) is 0 Å². The summed E-state index contributed by atoms with van der Waals surface area (Å²) in [4.78, 5) is 12.9. The number of carbonyl (C=O) groups excluding carboxylic acids is 1.